The molecule has 140 valence electrons. The van der Waals surface area contributed by atoms with Crippen molar-refractivity contribution >= 4 is 40.0 Å². The lowest BCUT2D eigenvalue weighted by atomic mass is 10.0. The number of para-hydroxylation sites is 1. The number of carbonyl (C=O) groups is 2. The molecule has 3 aromatic rings. The lowest BCUT2D eigenvalue weighted by Gasteiger charge is -2.31. The number of amides is 2. The number of thioether (sulfide) groups is 1. The van der Waals surface area contributed by atoms with E-state index in [0.29, 0.717) is 12.8 Å². The molecule has 5 rings (SSSR count). The Morgan fingerprint density at radius 2 is 1.82 bits per heavy atom. The molecule has 0 spiro atoms. The van der Waals surface area contributed by atoms with Gasteiger partial charge >= 0.3 is 0 Å². The quantitative estimate of drug-likeness (QED) is 0.711. The van der Waals surface area contributed by atoms with Crippen molar-refractivity contribution in [1.82, 2.24) is 5.32 Å². The van der Waals surface area contributed by atoms with Gasteiger partial charge in [0.15, 0.2) is 4.87 Å². The Kier molecular flexibility index (Phi) is 3.95. The van der Waals surface area contributed by atoms with E-state index in [1.165, 1.54) is 17.1 Å². The fraction of sp³-hybridized carbons (Fsp3) is 0.217. The van der Waals surface area contributed by atoms with Gasteiger partial charge < -0.3 is 5.32 Å². The summed E-state index contributed by atoms with van der Waals surface area (Å²) in [6, 6.07) is 22.1. The van der Waals surface area contributed by atoms with Crippen LogP contribution in [0.3, 0.4) is 0 Å². The van der Waals surface area contributed by atoms with E-state index in [9.17, 15) is 9.59 Å². The van der Waals surface area contributed by atoms with Gasteiger partial charge in [-0.3, -0.25) is 14.5 Å². The fourth-order valence-electron chi connectivity index (χ4n) is 4.17. The number of hydrogen-bond donors (Lipinski definition) is 1. The van der Waals surface area contributed by atoms with Gasteiger partial charge in [-0.1, -0.05) is 60.3 Å². The molecule has 1 fully saturated rings. The van der Waals surface area contributed by atoms with Crippen LogP contribution in [0.2, 0.25) is 0 Å². The van der Waals surface area contributed by atoms with E-state index in [1.807, 2.05) is 43.3 Å². The summed E-state index contributed by atoms with van der Waals surface area (Å²) in [4.78, 5) is 27.8. The van der Waals surface area contributed by atoms with E-state index in [1.54, 1.807) is 4.90 Å². The summed E-state index contributed by atoms with van der Waals surface area (Å²) in [5.74, 6) is -0.0776. The number of fused-ring (bicyclic) bond motifs is 4. The third-order valence-corrected chi connectivity index (χ3v) is 7.12. The average Bonchev–Trinajstić information content (AvgIpc) is 3.23. The highest BCUT2D eigenvalue weighted by atomic mass is 32.2. The highest BCUT2D eigenvalue weighted by Gasteiger charge is 2.57. The van der Waals surface area contributed by atoms with Crippen molar-refractivity contribution in [2.24, 2.45) is 0 Å². The van der Waals surface area contributed by atoms with Crippen LogP contribution in [0.25, 0.3) is 10.8 Å². The first-order valence-corrected chi connectivity index (χ1v) is 10.3. The van der Waals surface area contributed by atoms with Crippen LogP contribution in [-0.4, -0.2) is 16.7 Å². The van der Waals surface area contributed by atoms with Gasteiger partial charge in [-0.15, -0.1) is 0 Å². The number of nitrogens with one attached hydrogen (secondary N) is 1. The number of hydrogen-bond acceptors (Lipinski definition) is 3. The molecule has 0 saturated carbocycles. The highest BCUT2D eigenvalue weighted by molar-refractivity contribution is 8.02. The van der Waals surface area contributed by atoms with Crippen LogP contribution in [0.4, 0.5) is 5.69 Å². The maximum absolute atomic E-state index is 13.4. The van der Waals surface area contributed by atoms with Gasteiger partial charge in [0.1, 0.15) is 0 Å². The zero-order chi connectivity index (χ0) is 19.3. The van der Waals surface area contributed by atoms with Crippen molar-refractivity contribution in [3.63, 3.8) is 0 Å². The number of carbonyl (C=O) groups excluding carboxylic acids is 2. The van der Waals surface area contributed by atoms with Crippen molar-refractivity contribution in [3.05, 3.63) is 72.3 Å². The van der Waals surface area contributed by atoms with Crippen LogP contribution in [0.15, 0.2) is 71.6 Å². The summed E-state index contributed by atoms with van der Waals surface area (Å²) in [7, 11) is 0. The molecule has 0 bridgehead atoms. The standard InChI is InChI=1S/C23H20N2O2S/c1-15(17-11-10-16-6-2-3-7-18(16)14-17)24-22(27)23-13-12-21(26)25(23)19-8-4-5-9-20(19)28-23/h2-11,14-15H,12-13H2,1H3,(H,24,27). The number of anilines is 1. The van der Waals surface area contributed by atoms with Crippen LogP contribution < -0.4 is 10.2 Å². The maximum atomic E-state index is 13.4. The minimum Gasteiger partial charge on any atom is -0.347 e. The molecule has 2 aliphatic rings. The molecule has 0 aromatic heterocycles. The first kappa shape index (κ1) is 17.3. The molecule has 5 heteroatoms. The topological polar surface area (TPSA) is 49.4 Å². The largest absolute Gasteiger partial charge is 0.347 e. The lowest BCUT2D eigenvalue weighted by molar-refractivity contribution is -0.125. The summed E-state index contributed by atoms with van der Waals surface area (Å²) in [6.45, 7) is 1.99. The van der Waals surface area contributed by atoms with Crippen molar-refractivity contribution < 1.29 is 9.59 Å². The third-order valence-electron chi connectivity index (χ3n) is 5.65. The van der Waals surface area contributed by atoms with E-state index in [-0.39, 0.29) is 17.9 Å². The average molecular weight is 388 g/mol. The van der Waals surface area contributed by atoms with Gasteiger partial charge in [0.05, 0.1) is 11.7 Å². The molecule has 2 aliphatic heterocycles. The predicted octanol–water partition coefficient (Wildman–Crippen LogP) is 4.65. The summed E-state index contributed by atoms with van der Waals surface area (Å²) >= 11 is 1.50. The summed E-state index contributed by atoms with van der Waals surface area (Å²) in [5.41, 5.74) is 1.91. The smallest absolute Gasteiger partial charge is 0.257 e. The lowest BCUT2D eigenvalue weighted by Crippen LogP contribution is -2.52. The number of nitrogens with zero attached hydrogens (tertiary/aromatic N) is 1. The molecule has 2 atom stereocenters. The van der Waals surface area contributed by atoms with Crippen molar-refractivity contribution in [2.45, 2.75) is 35.6 Å². The molecule has 2 amide bonds. The zero-order valence-corrected chi connectivity index (χ0v) is 16.3. The van der Waals surface area contributed by atoms with Gasteiger partial charge in [-0.05, 0) is 47.9 Å². The van der Waals surface area contributed by atoms with Gasteiger partial charge in [-0.2, -0.15) is 0 Å². The molecule has 0 aliphatic carbocycles. The molecular formula is C23H20N2O2S. The molecule has 2 heterocycles. The monoisotopic (exact) mass is 388 g/mol. The Bertz CT molecular complexity index is 1110. The van der Waals surface area contributed by atoms with Gasteiger partial charge in [0.2, 0.25) is 5.91 Å². The van der Waals surface area contributed by atoms with E-state index in [4.69, 9.17) is 0 Å². The Balaban J connectivity index is 1.44. The van der Waals surface area contributed by atoms with Crippen molar-refractivity contribution in [2.75, 3.05) is 4.90 Å². The first-order chi connectivity index (χ1) is 13.6. The van der Waals surface area contributed by atoms with Crippen molar-refractivity contribution in [3.8, 4) is 0 Å². The van der Waals surface area contributed by atoms with Gasteiger partial charge in [0, 0.05) is 11.3 Å². The highest BCUT2D eigenvalue weighted by Crippen LogP contribution is 2.55. The van der Waals surface area contributed by atoms with Crippen LogP contribution >= 0.6 is 11.8 Å². The SMILES string of the molecule is CC(NC(=O)C12CCC(=O)N1c1ccccc1S2)c1ccc2ccccc2c1. The van der Waals surface area contributed by atoms with Crippen LogP contribution in [0.1, 0.15) is 31.4 Å². The molecule has 2 unspecified atom stereocenters. The molecule has 28 heavy (non-hydrogen) atoms. The second kappa shape index (κ2) is 6.38. The number of rotatable bonds is 3. The van der Waals surface area contributed by atoms with E-state index < -0.39 is 4.87 Å². The number of benzene rings is 3. The van der Waals surface area contributed by atoms with E-state index in [2.05, 4.69) is 35.6 Å². The van der Waals surface area contributed by atoms with Crippen molar-refractivity contribution in [1.29, 1.82) is 0 Å². The fourth-order valence-corrected chi connectivity index (χ4v) is 5.59. The summed E-state index contributed by atoms with van der Waals surface area (Å²) in [5, 5.41) is 5.50. The first-order valence-electron chi connectivity index (χ1n) is 9.49. The predicted molar refractivity (Wildman–Crippen MR) is 112 cm³/mol. The minimum absolute atomic E-state index is 0.0194. The zero-order valence-electron chi connectivity index (χ0n) is 15.5. The third kappa shape index (κ3) is 2.53. The Morgan fingerprint density at radius 1 is 1.07 bits per heavy atom. The van der Waals surface area contributed by atoms with Crippen LogP contribution in [0.5, 0.6) is 0 Å². The maximum Gasteiger partial charge on any atom is 0.257 e. The van der Waals surface area contributed by atoms with E-state index >= 15 is 0 Å². The van der Waals surface area contributed by atoms with Gasteiger partial charge in [-0.25, -0.2) is 0 Å². The summed E-state index contributed by atoms with van der Waals surface area (Å²) in [6.07, 6.45) is 0.931. The van der Waals surface area contributed by atoms with Crippen LogP contribution in [0, 0.1) is 0 Å². The molecule has 0 radical (unpaired) electrons. The molecule has 1 saturated heterocycles. The minimum atomic E-state index is -0.869. The molecular weight excluding hydrogens is 368 g/mol. The van der Waals surface area contributed by atoms with Crippen LogP contribution in [-0.2, 0) is 9.59 Å². The molecule has 4 nitrogen and oxygen atoms in total. The second-order valence-electron chi connectivity index (χ2n) is 7.39. The Hall–Kier alpha value is -2.79. The Morgan fingerprint density at radius 3 is 2.68 bits per heavy atom. The Labute approximate surface area is 167 Å². The van der Waals surface area contributed by atoms with E-state index in [0.717, 1.165) is 21.5 Å². The second-order valence-corrected chi connectivity index (χ2v) is 8.70. The molecule has 3 aromatic carbocycles. The molecule has 1 N–H and O–H groups in total. The normalized spacial score (nSPS) is 21.5. The van der Waals surface area contributed by atoms with Gasteiger partial charge in [0.25, 0.3) is 5.91 Å². The summed E-state index contributed by atoms with van der Waals surface area (Å²) < 4.78 is 0.